The topological polar surface area (TPSA) is 21.9 Å². The highest BCUT2D eigenvalue weighted by atomic mass is 16.3. The number of hydrogen-bond donors (Lipinski definition) is 0. The largest absolute Gasteiger partial charge is 0.398 e. The minimum Gasteiger partial charge on any atom is -0.398 e. The van der Waals surface area contributed by atoms with Crippen LogP contribution in [0.25, 0.3) is 56.2 Å². The third-order valence-electron chi connectivity index (χ3n) is 6.50. The van der Waals surface area contributed by atoms with Crippen LogP contribution in [-0.2, 0) is 13.6 Å². The highest BCUT2D eigenvalue weighted by Gasteiger charge is 2.21. The maximum Gasteiger partial charge on any atom is 0.374 e. The fourth-order valence-corrected chi connectivity index (χ4v) is 4.93. The summed E-state index contributed by atoms with van der Waals surface area (Å²) in [5.74, 6) is 0.856. The Labute approximate surface area is 192 Å². The van der Waals surface area contributed by atoms with E-state index in [9.17, 15) is 0 Å². The molecule has 0 saturated heterocycles. The molecule has 0 bridgehead atoms. The molecule has 0 fully saturated rings. The van der Waals surface area contributed by atoms with Crippen molar-refractivity contribution >= 4 is 44.9 Å². The summed E-state index contributed by atoms with van der Waals surface area (Å²) in [6, 6.07) is 32.0. The molecule has 0 spiro atoms. The number of oxazole rings is 1. The van der Waals surface area contributed by atoms with Crippen LogP contribution in [0.1, 0.15) is 18.4 Å². The summed E-state index contributed by atoms with van der Waals surface area (Å²) in [7, 11) is 2.14. The Kier molecular flexibility index (Phi) is 4.62. The van der Waals surface area contributed by atoms with Crippen LogP contribution in [0.4, 0.5) is 0 Å². The first kappa shape index (κ1) is 19.6. The van der Waals surface area contributed by atoms with Crippen LogP contribution in [0.3, 0.4) is 0 Å². The van der Waals surface area contributed by atoms with Crippen molar-refractivity contribution in [1.29, 1.82) is 0 Å². The van der Waals surface area contributed by atoms with Crippen LogP contribution in [0.15, 0.2) is 95.4 Å². The Hall–Kier alpha value is -4.11. The average molecular weight is 430 g/mol. The maximum atomic E-state index is 6.35. The molecule has 3 nitrogen and oxygen atoms in total. The van der Waals surface area contributed by atoms with Gasteiger partial charge >= 0.3 is 5.89 Å². The first-order chi connectivity index (χ1) is 16.2. The maximum absolute atomic E-state index is 6.35. The second-order valence-electron chi connectivity index (χ2n) is 8.39. The van der Waals surface area contributed by atoms with Gasteiger partial charge in [-0.05, 0) is 41.5 Å². The molecule has 3 heteroatoms. The number of nitrogens with zero attached hydrogens (tertiary/aromatic N) is 2. The summed E-state index contributed by atoms with van der Waals surface area (Å²) in [6.07, 6.45) is 4.32. The third-order valence-corrected chi connectivity index (χ3v) is 6.50. The van der Waals surface area contributed by atoms with Gasteiger partial charge in [-0.25, -0.2) is 0 Å². The number of aromatic nitrogens is 2. The zero-order chi connectivity index (χ0) is 22.4. The second-order valence-corrected chi connectivity index (χ2v) is 8.39. The predicted octanol–water partition coefficient (Wildman–Crippen LogP) is 7.22. The normalized spacial score (nSPS) is 11.9. The van der Waals surface area contributed by atoms with Crippen LogP contribution >= 0.6 is 0 Å². The van der Waals surface area contributed by atoms with Crippen molar-refractivity contribution in [2.45, 2.75) is 13.5 Å². The van der Waals surface area contributed by atoms with E-state index in [1.807, 2.05) is 0 Å². The lowest BCUT2D eigenvalue weighted by molar-refractivity contribution is -0.674. The summed E-state index contributed by atoms with van der Waals surface area (Å²) in [6.45, 7) is 3.00. The minimum atomic E-state index is 0.839. The number of para-hydroxylation sites is 1. The van der Waals surface area contributed by atoms with Gasteiger partial charge in [0.15, 0.2) is 0 Å². The van der Waals surface area contributed by atoms with E-state index in [4.69, 9.17) is 4.42 Å². The number of fused-ring (bicyclic) bond motifs is 3. The van der Waals surface area contributed by atoms with Crippen molar-refractivity contribution < 1.29 is 8.98 Å². The van der Waals surface area contributed by atoms with E-state index < -0.39 is 0 Å². The third kappa shape index (κ3) is 3.16. The van der Waals surface area contributed by atoms with Crippen LogP contribution in [0.5, 0.6) is 0 Å². The van der Waals surface area contributed by atoms with Crippen molar-refractivity contribution in [3.63, 3.8) is 0 Å². The molecule has 0 radical (unpaired) electrons. The van der Waals surface area contributed by atoms with E-state index in [2.05, 4.69) is 126 Å². The first-order valence-corrected chi connectivity index (χ1v) is 11.4. The molecule has 0 aliphatic heterocycles. The molecule has 160 valence electrons. The van der Waals surface area contributed by atoms with Gasteiger partial charge in [0.2, 0.25) is 5.58 Å². The highest BCUT2D eigenvalue weighted by molar-refractivity contribution is 5.99. The summed E-state index contributed by atoms with van der Waals surface area (Å²) in [5.41, 5.74) is 6.87. The molecule has 0 atom stereocenters. The highest BCUT2D eigenvalue weighted by Crippen LogP contribution is 2.34. The van der Waals surface area contributed by atoms with E-state index in [1.165, 1.54) is 38.5 Å². The number of aryl methyl sites for hydroxylation is 2. The Morgan fingerprint density at radius 2 is 1.52 bits per heavy atom. The van der Waals surface area contributed by atoms with Crippen molar-refractivity contribution in [3.8, 4) is 11.3 Å². The van der Waals surface area contributed by atoms with E-state index in [0.717, 1.165) is 23.5 Å². The van der Waals surface area contributed by atoms with Crippen LogP contribution in [0, 0.1) is 0 Å². The number of hydrogen-bond acceptors (Lipinski definition) is 1. The van der Waals surface area contributed by atoms with E-state index in [-0.39, 0.29) is 0 Å². The van der Waals surface area contributed by atoms with E-state index in [0.29, 0.717) is 0 Å². The summed E-state index contributed by atoms with van der Waals surface area (Å²) in [4.78, 5) is 0. The van der Waals surface area contributed by atoms with Crippen molar-refractivity contribution in [3.05, 3.63) is 102 Å². The Morgan fingerprint density at radius 1 is 0.818 bits per heavy atom. The van der Waals surface area contributed by atoms with Gasteiger partial charge in [-0.15, -0.1) is 0 Å². The zero-order valence-corrected chi connectivity index (χ0v) is 18.8. The van der Waals surface area contributed by atoms with E-state index in [1.54, 1.807) is 0 Å². The van der Waals surface area contributed by atoms with E-state index >= 15 is 0 Å². The quantitative estimate of drug-likeness (QED) is 0.271. The number of rotatable bonds is 4. The molecular weight excluding hydrogens is 404 g/mol. The summed E-state index contributed by atoms with van der Waals surface area (Å²) >= 11 is 0. The molecule has 0 saturated carbocycles. The average Bonchev–Trinajstić information content (AvgIpc) is 3.35. The minimum absolute atomic E-state index is 0.839. The molecule has 0 aliphatic carbocycles. The Balaban J connectivity index is 1.55. The SMILES string of the molecule is CC[n+]1c(/C=C/c2c(-c3ccccc3)n(C)c3ccccc23)oc2cc3ccccc3cc21. The Morgan fingerprint density at radius 3 is 2.30 bits per heavy atom. The van der Waals surface area contributed by atoms with Gasteiger partial charge in [-0.2, -0.15) is 4.57 Å². The monoisotopic (exact) mass is 429 g/mol. The van der Waals surface area contributed by atoms with Crippen molar-refractivity contribution in [2.75, 3.05) is 0 Å². The van der Waals surface area contributed by atoms with Gasteiger partial charge < -0.3 is 8.98 Å². The molecule has 0 unspecified atom stereocenters. The lowest BCUT2D eigenvalue weighted by Gasteiger charge is -2.06. The smallest absolute Gasteiger partial charge is 0.374 e. The second kappa shape index (κ2) is 7.79. The van der Waals surface area contributed by atoms with Gasteiger partial charge in [-0.1, -0.05) is 72.8 Å². The molecular formula is C30H25N2O+. The Bertz CT molecular complexity index is 1650. The van der Waals surface area contributed by atoms with Gasteiger partial charge in [-0.3, -0.25) is 0 Å². The van der Waals surface area contributed by atoms with Crippen LogP contribution < -0.4 is 4.57 Å². The van der Waals surface area contributed by atoms with Gasteiger partial charge in [0, 0.05) is 29.6 Å². The molecule has 6 aromatic rings. The van der Waals surface area contributed by atoms with Crippen LogP contribution in [-0.4, -0.2) is 4.57 Å². The fourth-order valence-electron chi connectivity index (χ4n) is 4.93. The molecule has 2 aromatic heterocycles. The lowest BCUT2D eigenvalue weighted by Crippen LogP contribution is -2.33. The standard InChI is InChI=1S/C30H25N2O/c1-3-32-27-19-22-13-7-8-14-23(22)20-28(27)33-29(32)18-17-25-24-15-9-10-16-26(24)31(2)30(25)21-11-5-4-6-12-21/h4-20H,3H2,1-2H3/q+1. The zero-order valence-electron chi connectivity index (χ0n) is 18.8. The molecule has 0 aliphatic rings. The molecule has 2 heterocycles. The molecule has 0 N–H and O–H groups in total. The fraction of sp³-hybridized carbons (Fsp3) is 0.100. The molecule has 33 heavy (non-hydrogen) atoms. The molecule has 0 amide bonds. The lowest BCUT2D eigenvalue weighted by atomic mass is 10.0. The van der Waals surface area contributed by atoms with Crippen molar-refractivity contribution in [1.82, 2.24) is 4.57 Å². The van der Waals surface area contributed by atoms with Gasteiger partial charge in [0.25, 0.3) is 5.52 Å². The number of benzene rings is 4. The summed E-state index contributed by atoms with van der Waals surface area (Å²) < 4.78 is 10.9. The molecule has 4 aromatic carbocycles. The first-order valence-electron chi connectivity index (χ1n) is 11.4. The molecule has 6 rings (SSSR count). The predicted molar refractivity (Wildman–Crippen MR) is 137 cm³/mol. The van der Waals surface area contributed by atoms with Gasteiger partial charge in [0.1, 0.15) is 6.54 Å². The van der Waals surface area contributed by atoms with Gasteiger partial charge in [0.05, 0.1) is 11.8 Å². The van der Waals surface area contributed by atoms with Crippen LogP contribution in [0.2, 0.25) is 0 Å². The summed E-state index contributed by atoms with van der Waals surface area (Å²) in [5, 5.41) is 3.65. The van der Waals surface area contributed by atoms with Crippen molar-refractivity contribution in [2.24, 2.45) is 7.05 Å².